The largest absolute Gasteiger partial charge is 0.346 e. The van der Waals surface area contributed by atoms with Gasteiger partial charge in [0.2, 0.25) is 0 Å². The average molecular weight is 158 g/mol. The third kappa shape index (κ3) is 1.54. The van der Waals surface area contributed by atoms with Crippen molar-refractivity contribution in [2.75, 3.05) is 39.4 Å². The SMILES string of the molecule is C1COC2(CN1)CNCCO2. The molecule has 0 amide bonds. The molecule has 1 spiro atoms. The van der Waals surface area contributed by atoms with E-state index in [2.05, 4.69) is 10.6 Å². The predicted molar refractivity (Wildman–Crippen MR) is 40.4 cm³/mol. The van der Waals surface area contributed by atoms with Crippen LogP contribution in [0.2, 0.25) is 0 Å². The lowest BCUT2D eigenvalue weighted by molar-refractivity contribution is -0.253. The summed E-state index contributed by atoms with van der Waals surface area (Å²) in [5, 5.41) is 6.51. The van der Waals surface area contributed by atoms with Crippen molar-refractivity contribution in [3.63, 3.8) is 0 Å². The molecule has 2 saturated heterocycles. The Morgan fingerprint density at radius 3 is 1.82 bits per heavy atom. The van der Waals surface area contributed by atoms with Crippen LogP contribution < -0.4 is 10.6 Å². The third-order valence-corrected chi connectivity index (χ3v) is 2.08. The summed E-state index contributed by atoms with van der Waals surface area (Å²) >= 11 is 0. The summed E-state index contributed by atoms with van der Waals surface area (Å²) in [5.74, 6) is -0.365. The molecule has 2 heterocycles. The Morgan fingerprint density at radius 1 is 0.909 bits per heavy atom. The smallest absolute Gasteiger partial charge is 0.193 e. The highest BCUT2D eigenvalue weighted by Crippen LogP contribution is 2.15. The number of hydrogen-bond acceptors (Lipinski definition) is 4. The molecule has 64 valence electrons. The number of rotatable bonds is 0. The molecule has 0 unspecified atom stereocenters. The zero-order valence-corrected chi connectivity index (χ0v) is 6.56. The Morgan fingerprint density at radius 2 is 1.45 bits per heavy atom. The molecule has 0 bridgehead atoms. The number of hydrogen-bond donors (Lipinski definition) is 2. The lowest BCUT2D eigenvalue weighted by Crippen LogP contribution is -2.60. The minimum absolute atomic E-state index is 0.365. The zero-order chi connectivity index (χ0) is 7.57. The fraction of sp³-hybridized carbons (Fsp3) is 1.00. The van der Waals surface area contributed by atoms with E-state index in [1.165, 1.54) is 0 Å². The lowest BCUT2D eigenvalue weighted by Gasteiger charge is -2.40. The molecule has 0 aromatic heterocycles. The summed E-state index contributed by atoms with van der Waals surface area (Å²) in [5.41, 5.74) is 0. The van der Waals surface area contributed by atoms with Crippen molar-refractivity contribution in [3.05, 3.63) is 0 Å². The molecule has 0 radical (unpaired) electrons. The first-order valence-electron chi connectivity index (χ1n) is 4.11. The minimum Gasteiger partial charge on any atom is -0.346 e. The maximum Gasteiger partial charge on any atom is 0.193 e. The Balaban J connectivity index is 1.94. The van der Waals surface area contributed by atoms with Crippen LogP contribution in [0.25, 0.3) is 0 Å². The van der Waals surface area contributed by atoms with E-state index in [4.69, 9.17) is 9.47 Å². The highest BCUT2D eigenvalue weighted by atomic mass is 16.7. The van der Waals surface area contributed by atoms with Crippen molar-refractivity contribution in [2.24, 2.45) is 0 Å². The molecule has 2 aliphatic rings. The predicted octanol–water partition coefficient (Wildman–Crippen LogP) is -1.08. The van der Waals surface area contributed by atoms with E-state index in [1.54, 1.807) is 0 Å². The van der Waals surface area contributed by atoms with Crippen LogP contribution in [0.4, 0.5) is 0 Å². The molecule has 2 aliphatic heterocycles. The zero-order valence-electron chi connectivity index (χ0n) is 6.56. The summed E-state index contributed by atoms with van der Waals surface area (Å²) < 4.78 is 11.1. The van der Waals surface area contributed by atoms with Crippen LogP contribution in [0, 0.1) is 0 Å². The van der Waals surface area contributed by atoms with Crippen molar-refractivity contribution < 1.29 is 9.47 Å². The maximum absolute atomic E-state index is 5.56. The summed E-state index contributed by atoms with van der Waals surface area (Å²) in [4.78, 5) is 0. The van der Waals surface area contributed by atoms with Gasteiger partial charge in [-0.3, -0.25) is 0 Å². The second kappa shape index (κ2) is 3.06. The van der Waals surface area contributed by atoms with Gasteiger partial charge in [-0.2, -0.15) is 0 Å². The molecule has 11 heavy (non-hydrogen) atoms. The maximum atomic E-state index is 5.56. The molecule has 2 rings (SSSR count). The van der Waals surface area contributed by atoms with Crippen LogP contribution >= 0.6 is 0 Å². The van der Waals surface area contributed by atoms with Gasteiger partial charge in [0.15, 0.2) is 5.79 Å². The molecule has 2 fully saturated rings. The van der Waals surface area contributed by atoms with Gasteiger partial charge in [0.25, 0.3) is 0 Å². The van der Waals surface area contributed by atoms with E-state index in [0.717, 1.165) is 39.4 Å². The molecule has 0 aliphatic carbocycles. The first kappa shape index (κ1) is 7.49. The molecule has 0 aromatic carbocycles. The monoisotopic (exact) mass is 158 g/mol. The van der Waals surface area contributed by atoms with Gasteiger partial charge in [-0.15, -0.1) is 0 Å². The lowest BCUT2D eigenvalue weighted by atomic mass is 10.2. The van der Waals surface area contributed by atoms with Crippen LogP contribution in [-0.4, -0.2) is 45.2 Å². The van der Waals surface area contributed by atoms with Gasteiger partial charge in [-0.25, -0.2) is 0 Å². The average Bonchev–Trinajstić information content (AvgIpc) is 2.07. The van der Waals surface area contributed by atoms with E-state index >= 15 is 0 Å². The first-order valence-corrected chi connectivity index (χ1v) is 4.11. The molecular formula is C7H14N2O2. The molecule has 2 N–H and O–H groups in total. The van der Waals surface area contributed by atoms with E-state index in [-0.39, 0.29) is 5.79 Å². The van der Waals surface area contributed by atoms with Crippen molar-refractivity contribution in [1.82, 2.24) is 10.6 Å². The summed E-state index contributed by atoms with van der Waals surface area (Å²) in [6, 6.07) is 0. The molecule has 0 atom stereocenters. The molecule has 0 aromatic rings. The normalized spacial score (nSPS) is 30.5. The fourth-order valence-corrected chi connectivity index (χ4v) is 1.48. The topological polar surface area (TPSA) is 42.5 Å². The Bertz CT molecular complexity index is 109. The van der Waals surface area contributed by atoms with Crippen LogP contribution in [0.5, 0.6) is 0 Å². The summed E-state index contributed by atoms with van der Waals surface area (Å²) in [6.07, 6.45) is 0. The van der Waals surface area contributed by atoms with E-state index < -0.39 is 0 Å². The third-order valence-electron chi connectivity index (χ3n) is 2.08. The van der Waals surface area contributed by atoms with Gasteiger partial charge in [0.1, 0.15) is 0 Å². The molecule has 4 heteroatoms. The standard InChI is InChI=1S/C7H14N2O2/c1-3-10-7(5-8-1)6-9-2-4-11-7/h8-9H,1-6H2. The van der Waals surface area contributed by atoms with E-state index in [0.29, 0.717) is 0 Å². The van der Waals surface area contributed by atoms with Gasteiger partial charge in [-0.05, 0) is 0 Å². The number of morpholine rings is 2. The van der Waals surface area contributed by atoms with Crippen LogP contribution in [0.1, 0.15) is 0 Å². The fourth-order valence-electron chi connectivity index (χ4n) is 1.48. The van der Waals surface area contributed by atoms with Gasteiger partial charge in [0.05, 0.1) is 26.3 Å². The second-order valence-electron chi connectivity index (χ2n) is 2.96. The quantitative estimate of drug-likeness (QED) is 0.471. The van der Waals surface area contributed by atoms with Gasteiger partial charge >= 0.3 is 0 Å². The molecule has 4 nitrogen and oxygen atoms in total. The summed E-state index contributed by atoms with van der Waals surface area (Å²) in [6.45, 7) is 4.99. The van der Waals surface area contributed by atoms with E-state index in [1.807, 2.05) is 0 Å². The Kier molecular flexibility index (Phi) is 2.09. The Hall–Kier alpha value is -0.160. The number of nitrogens with one attached hydrogen (secondary N) is 2. The molecular weight excluding hydrogens is 144 g/mol. The number of ether oxygens (including phenoxy) is 2. The second-order valence-corrected chi connectivity index (χ2v) is 2.96. The Labute approximate surface area is 66.2 Å². The highest BCUT2D eigenvalue weighted by Gasteiger charge is 2.35. The van der Waals surface area contributed by atoms with Crippen molar-refractivity contribution in [3.8, 4) is 0 Å². The minimum atomic E-state index is -0.365. The van der Waals surface area contributed by atoms with Crippen LogP contribution in [0.15, 0.2) is 0 Å². The van der Waals surface area contributed by atoms with Crippen molar-refractivity contribution >= 4 is 0 Å². The van der Waals surface area contributed by atoms with Crippen LogP contribution in [-0.2, 0) is 9.47 Å². The van der Waals surface area contributed by atoms with Gasteiger partial charge < -0.3 is 20.1 Å². The van der Waals surface area contributed by atoms with Crippen molar-refractivity contribution in [2.45, 2.75) is 5.79 Å². The van der Waals surface area contributed by atoms with Crippen LogP contribution in [0.3, 0.4) is 0 Å². The first-order chi connectivity index (χ1) is 5.41. The van der Waals surface area contributed by atoms with Gasteiger partial charge in [-0.1, -0.05) is 0 Å². The summed E-state index contributed by atoms with van der Waals surface area (Å²) in [7, 11) is 0. The molecule has 0 saturated carbocycles. The van der Waals surface area contributed by atoms with E-state index in [9.17, 15) is 0 Å². The van der Waals surface area contributed by atoms with Gasteiger partial charge in [0, 0.05) is 13.1 Å². The highest BCUT2D eigenvalue weighted by molar-refractivity contribution is 4.82. The van der Waals surface area contributed by atoms with Crippen molar-refractivity contribution in [1.29, 1.82) is 0 Å².